The lowest BCUT2D eigenvalue weighted by Gasteiger charge is -2.45. The smallest absolute Gasteiger partial charge is 0.343 e. The summed E-state index contributed by atoms with van der Waals surface area (Å²) in [5.41, 5.74) is 0. The van der Waals surface area contributed by atoms with Gasteiger partial charge in [0.25, 0.3) is 0 Å². The third-order valence-electron chi connectivity index (χ3n) is 3.45. The molecule has 0 aromatic rings. The van der Waals surface area contributed by atoms with Crippen molar-refractivity contribution in [3.8, 4) is 0 Å². The second kappa shape index (κ2) is 8.56. The molecule has 0 radical (unpaired) electrons. The molecule has 0 saturated carbocycles. The Morgan fingerprint density at radius 1 is 1.41 bits per heavy atom. The van der Waals surface area contributed by atoms with Crippen LogP contribution in [0.4, 0.5) is 4.79 Å². The molecule has 0 bridgehead atoms. The number of nitroso groups, excluding NO2 is 1. The van der Waals surface area contributed by atoms with Gasteiger partial charge >= 0.3 is 6.03 Å². The van der Waals surface area contributed by atoms with E-state index in [2.05, 4.69) is 5.29 Å². The number of ether oxygens (including phenoxy) is 2. The molecule has 5 atom stereocenters. The minimum atomic E-state index is -1.39. The standard InChI is InChI=1S/C11H20ClN3O7/c1-14(11(19)15(13-20)4-3-12)7-8(17)6(5-16)22-10(21-2)9(7)18/h6-10,16-18H,3-5H2,1-2H3/t6-,7-,8-,9-,10?/m1/s1. The van der Waals surface area contributed by atoms with Crippen molar-refractivity contribution in [1.82, 2.24) is 9.91 Å². The van der Waals surface area contributed by atoms with Gasteiger partial charge in [-0.05, 0) is 0 Å². The summed E-state index contributed by atoms with van der Waals surface area (Å²) in [6.07, 6.45) is -4.98. The highest BCUT2D eigenvalue weighted by atomic mass is 35.5. The fourth-order valence-corrected chi connectivity index (χ4v) is 2.44. The molecular formula is C11H20ClN3O7. The summed E-state index contributed by atoms with van der Waals surface area (Å²) >= 11 is 5.48. The second-order valence-electron chi connectivity index (χ2n) is 4.72. The molecule has 1 aliphatic rings. The van der Waals surface area contributed by atoms with Crippen LogP contribution in [0.3, 0.4) is 0 Å². The van der Waals surface area contributed by atoms with Gasteiger partial charge in [-0.1, -0.05) is 0 Å². The van der Waals surface area contributed by atoms with E-state index in [9.17, 15) is 25.0 Å². The molecule has 22 heavy (non-hydrogen) atoms. The average Bonchev–Trinajstić information content (AvgIpc) is 2.52. The first-order valence-corrected chi connectivity index (χ1v) is 7.05. The summed E-state index contributed by atoms with van der Waals surface area (Å²) in [7, 11) is 2.55. The van der Waals surface area contributed by atoms with E-state index in [1.807, 2.05) is 0 Å². The molecular weight excluding hydrogens is 322 g/mol. The number of nitrogens with zero attached hydrogens (tertiary/aromatic N) is 3. The number of halogens is 1. The fraction of sp³-hybridized carbons (Fsp3) is 0.909. The van der Waals surface area contributed by atoms with E-state index in [1.165, 1.54) is 14.2 Å². The molecule has 0 aromatic carbocycles. The highest BCUT2D eigenvalue weighted by Gasteiger charge is 2.48. The maximum atomic E-state index is 12.2. The van der Waals surface area contributed by atoms with Crippen LogP contribution < -0.4 is 0 Å². The van der Waals surface area contributed by atoms with Crippen LogP contribution in [0, 0.1) is 4.91 Å². The predicted molar refractivity (Wildman–Crippen MR) is 74.9 cm³/mol. The Bertz CT molecular complexity index is 373. The van der Waals surface area contributed by atoms with Crippen LogP contribution in [-0.2, 0) is 9.47 Å². The first kappa shape index (κ1) is 19.0. The number of rotatable bonds is 6. The third kappa shape index (κ3) is 3.83. The Balaban J connectivity index is 2.97. The van der Waals surface area contributed by atoms with Crippen molar-refractivity contribution in [2.45, 2.75) is 30.6 Å². The van der Waals surface area contributed by atoms with E-state index in [0.717, 1.165) is 4.90 Å². The molecule has 1 heterocycles. The van der Waals surface area contributed by atoms with E-state index in [-0.39, 0.29) is 12.4 Å². The Morgan fingerprint density at radius 3 is 2.50 bits per heavy atom. The van der Waals surface area contributed by atoms with Crippen molar-refractivity contribution in [3.05, 3.63) is 4.91 Å². The molecule has 1 saturated heterocycles. The van der Waals surface area contributed by atoms with Gasteiger partial charge in [0.2, 0.25) is 0 Å². The zero-order valence-electron chi connectivity index (χ0n) is 12.2. The normalized spacial score (nSPS) is 31.6. The molecule has 0 spiro atoms. The van der Waals surface area contributed by atoms with E-state index in [1.54, 1.807) is 0 Å². The number of urea groups is 1. The van der Waals surface area contributed by atoms with Crippen molar-refractivity contribution < 1.29 is 29.6 Å². The molecule has 1 aliphatic heterocycles. The van der Waals surface area contributed by atoms with Crippen molar-refractivity contribution in [2.75, 3.05) is 33.2 Å². The summed E-state index contributed by atoms with van der Waals surface area (Å²) < 4.78 is 10.1. The van der Waals surface area contributed by atoms with Crippen molar-refractivity contribution in [3.63, 3.8) is 0 Å². The first-order valence-electron chi connectivity index (χ1n) is 6.51. The highest BCUT2D eigenvalue weighted by molar-refractivity contribution is 6.18. The molecule has 11 heteroatoms. The zero-order valence-corrected chi connectivity index (χ0v) is 13.0. The van der Waals surface area contributed by atoms with E-state index in [4.69, 9.17) is 21.1 Å². The quantitative estimate of drug-likeness (QED) is 0.311. The Labute approximate surface area is 132 Å². The molecule has 128 valence electrons. The minimum Gasteiger partial charge on any atom is -0.394 e. The van der Waals surface area contributed by atoms with Crippen LogP contribution in [0.5, 0.6) is 0 Å². The van der Waals surface area contributed by atoms with Crippen LogP contribution in [0.2, 0.25) is 0 Å². The summed E-state index contributed by atoms with van der Waals surface area (Å²) in [5.74, 6) is -0.00976. The molecule has 0 aromatic heterocycles. The lowest BCUT2D eigenvalue weighted by atomic mass is 9.95. The summed E-state index contributed by atoms with van der Waals surface area (Å²) in [6.45, 7) is -0.662. The SMILES string of the molecule is COC1O[C@H](CO)[C@@H](O)[C@@H](N(C)C(=O)N(CCCl)N=O)[C@H]1O. The molecule has 2 amide bonds. The van der Waals surface area contributed by atoms with Crippen LogP contribution in [0.1, 0.15) is 0 Å². The van der Waals surface area contributed by atoms with Gasteiger partial charge in [-0.2, -0.15) is 5.01 Å². The Hall–Kier alpha value is -1.04. The number of methoxy groups -OCH3 is 1. The maximum Gasteiger partial charge on any atom is 0.343 e. The number of aliphatic hydroxyl groups excluding tert-OH is 3. The van der Waals surface area contributed by atoms with Gasteiger partial charge in [0.1, 0.15) is 18.3 Å². The second-order valence-corrected chi connectivity index (χ2v) is 5.10. The number of hydrogen-bond acceptors (Lipinski definition) is 8. The number of carbonyl (C=O) groups excluding carboxylic acids is 1. The number of aliphatic hydroxyl groups is 3. The number of hydrogen-bond donors (Lipinski definition) is 3. The predicted octanol–water partition coefficient (Wildman–Crippen LogP) is -1.29. The molecule has 0 aliphatic carbocycles. The number of amides is 2. The average molecular weight is 342 g/mol. The van der Waals surface area contributed by atoms with Gasteiger partial charge < -0.3 is 29.7 Å². The first-order chi connectivity index (χ1) is 10.4. The molecule has 1 rings (SSSR count). The van der Waals surface area contributed by atoms with Crippen LogP contribution in [0.25, 0.3) is 0 Å². The Kier molecular flexibility index (Phi) is 7.39. The van der Waals surface area contributed by atoms with Crippen molar-refractivity contribution >= 4 is 17.6 Å². The largest absolute Gasteiger partial charge is 0.394 e. The minimum absolute atomic E-state index is 0.00976. The topological polar surface area (TPSA) is 132 Å². The summed E-state index contributed by atoms with van der Waals surface area (Å²) in [4.78, 5) is 23.8. The van der Waals surface area contributed by atoms with Crippen molar-refractivity contribution in [2.24, 2.45) is 5.29 Å². The van der Waals surface area contributed by atoms with Gasteiger partial charge in [-0.15, -0.1) is 16.5 Å². The zero-order chi connectivity index (χ0) is 16.9. The lowest BCUT2D eigenvalue weighted by Crippen LogP contribution is -2.66. The van der Waals surface area contributed by atoms with Gasteiger partial charge in [0.15, 0.2) is 6.29 Å². The number of likely N-dealkylation sites (N-methyl/N-ethyl adjacent to an activating group) is 1. The van der Waals surface area contributed by atoms with Gasteiger partial charge in [-0.3, -0.25) is 0 Å². The molecule has 1 unspecified atom stereocenters. The van der Waals surface area contributed by atoms with E-state index < -0.39 is 43.3 Å². The summed E-state index contributed by atoms with van der Waals surface area (Å²) in [5, 5.41) is 32.7. The number of alkyl halides is 1. The molecule has 1 fully saturated rings. The van der Waals surface area contributed by atoms with Crippen LogP contribution >= 0.6 is 11.6 Å². The van der Waals surface area contributed by atoms with Gasteiger partial charge in [-0.25, -0.2) is 4.79 Å². The highest BCUT2D eigenvalue weighted by Crippen LogP contribution is 2.25. The van der Waals surface area contributed by atoms with E-state index >= 15 is 0 Å². The van der Waals surface area contributed by atoms with Gasteiger partial charge in [0.05, 0.1) is 24.5 Å². The monoisotopic (exact) mass is 341 g/mol. The maximum absolute atomic E-state index is 12.2. The van der Waals surface area contributed by atoms with Crippen molar-refractivity contribution in [1.29, 1.82) is 0 Å². The van der Waals surface area contributed by atoms with Crippen LogP contribution in [0.15, 0.2) is 5.29 Å². The lowest BCUT2D eigenvalue weighted by molar-refractivity contribution is -0.279. The van der Waals surface area contributed by atoms with Gasteiger partial charge in [0, 0.05) is 20.0 Å². The van der Waals surface area contributed by atoms with E-state index in [0.29, 0.717) is 5.01 Å². The fourth-order valence-electron chi connectivity index (χ4n) is 2.28. The number of carbonyl (C=O) groups is 1. The van der Waals surface area contributed by atoms with Crippen LogP contribution in [-0.4, -0.2) is 95.1 Å². The third-order valence-corrected chi connectivity index (χ3v) is 3.61. The molecule has 10 nitrogen and oxygen atoms in total. The summed E-state index contributed by atoms with van der Waals surface area (Å²) in [6, 6.07) is -2.02. The Morgan fingerprint density at radius 2 is 2.05 bits per heavy atom. The molecule has 3 N–H and O–H groups in total.